The average molecular weight is 326 g/mol. The van der Waals surface area contributed by atoms with Crippen LogP contribution in [0.3, 0.4) is 0 Å². The molecular formula is C17H22N6O. The van der Waals surface area contributed by atoms with Crippen LogP contribution in [0.4, 0.5) is 5.69 Å². The smallest absolute Gasteiger partial charge is 0.261 e. The molecule has 3 aromatic rings. The van der Waals surface area contributed by atoms with Crippen LogP contribution in [-0.4, -0.2) is 30.0 Å². The second-order valence-corrected chi connectivity index (χ2v) is 6.21. The Morgan fingerprint density at radius 1 is 1.12 bits per heavy atom. The number of hydrogen-bond donors (Lipinski definition) is 1. The summed E-state index contributed by atoms with van der Waals surface area (Å²) in [4.78, 5) is 12.7. The van der Waals surface area contributed by atoms with E-state index < -0.39 is 0 Å². The summed E-state index contributed by atoms with van der Waals surface area (Å²) in [7, 11) is 1.84. The van der Waals surface area contributed by atoms with Crippen molar-refractivity contribution in [3.05, 3.63) is 47.7 Å². The van der Waals surface area contributed by atoms with Crippen LogP contribution in [0.25, 0.3) is 5.82 Å². The van der Waals surface area contributed by atoms with E-state index >= 15 is 0 Å². The van der Waals surface area contributed by atoms with Crippen molar-refractivity contribution in [3.8, 4) is 5.82 Å². The van der Waals surface area contributed by atoms with Crippen molar-refractivity contribution in [1.29, 1.82) is 0 Å². The van der Waals surface area contributed by atoms with Gasteiger partial charge in [-0.05, 0) is 39.8 Å². The van der Waals surface area contributed by atoms with Crippen molar-refractivity contribution in [2.75, 3.05) is 5.32 Å². The van der Waals surface area contributed by atoms with E-state index in [9.17, 15) is 4.79 Å². The summed E-state index contributed by atoms with van der Waals surface area (Å²) in [5.41, 5.74) is 3.30. The van der Waals surface area contributed by atoms with Crippen molar-refractivity contribution >= 4 is 11.6 Å². The molecule has 0 spiro atoms. The highest BCUT2D eigenvalue weighted by atomic mass is 16.1. The van der Waals surface area contributed by atoms with Crippen LogP contribution >= 0.6 is 0 Å². The lowest BCUT2D eigenvalue weighted by molar-refractivity contribution is 0.102. The van der Waals surface area contributed by atoms with Crippen molar-refractivity contribution in [1.82, 2.24) is 24.1 Å². The predicted octanol–water partition coefficient (Wildman–Crippen LogP) is 2.86. The highest BCUT2D eigenvalue weighted by Crippen LogP contribution is 2.21. The maximum absolute atomic E-state index is 12.7. The Bertz CT molecular complexity index is 863. The van der Waals surface area contributed by atoms with Crippen molar-refractivity contribution in [2.45, 2.75) is 33.7 Å². The first kappa shape index (κ1) is 16.0. The zero-order valence-corrected chi connectivity index (χ0v) is 14.6. The van der Waals surface area contributed by atoms with Gasteiger partial charge in [-0.3, -0.25) is 14.2 Å². The van der Waals surface area contributed by atoms with Gasteiger partial charge in [0.25, 0.3) is 5.91 Å². The van der Waals surface area contributed by atoms with E-state index in [0.717, 1.165) is 17.2 Å². The summed E-state index contributed by atoms with van der Waals surface area (Å²) in [6, 6.07) is 4.29. The molecule has 0 saturated carbocycles. The van der Waals surface area contributed by atoms with Crippen molar-refractivity contribution in [2.24, 2.45) is 7.05 Å². The van der Waals surface area contributed by atoms with Gasteiger partial charge in [-0.15, -0.1) is 0 Å². The van der Waals surface area contributed by atoms with E-state index in [4.69, 9.17) is 0 Å². The van der Waals surface area contributed by atoms with Gasteiger partial charge in [0, 0.05) is 30.7 Å². The fourth-order valence-corrected chi connectivity index (χ4v) is 2.74. The fourth-order valence-electron chi connectivity index (χ4n) is 2.74. The van der Waals surface area contributed by atoms with E-state index in [1.807, 2.05) is 57.6 Å². The quantitative estimate of drug-likeness (QED) is 0.801. The molecule has 0 aliphatic heterocycles. The summed E-state index contributed by atoms with van der Waals surface area (Å²) in [6.07, 6.45) is 5.07. The van der Waals surface area contributed by atoms with Gasteiger partial charge in [-0.25, -0.2) is 0 Å². The summed E-state index contributed by atoms with van der Waals surface area (Å²) in [6.45, 7) is 8.09. The number of rotatable bonds is 4. The standard InChI is InChI=1S/C17H22N6O/c1-11(2)22-10-14(8-19-22)20-16(24)15-9-18-21(5)17(15)23-12(3)6-7-13(23)4/h6-11H,1-5H3,(H,20,24). The van der Waals surface area contributed by atoms with Crippen LogP contribution in [0, 0.1) is 13.8 Å². The van der Waals surface area contributed by atoms with E-state index in [0.29, 0.717) is 11.3 Å². The molecule has 1 amide bonds. The Kier molecular flexibility index (Phi) is 4.01. The molecule has 0 atom stereocenters. The minimum absolute atomic E-state index is 0.200. The van der Waals surface area contributed by atoms with Crippen LogP contribution in [0.2, 0.25) is 0 Å². The van der Waals surface area contributed by atoms with Crippen LogP contribution in [0.1, 0.15) is 41.6 Å². The first-order valence-electron chi connectivity index (χ1n) is 7.91. The third-order valence-electron chi connectivity index (χ3n) is 4.02. The molecule has 24 heavy (non-hydrogen) atoms. The number of nitrogens with zero attached hydrogens (tertiary/aromatic N) is 5. The molecule has 7 heteroatoms. The first-order chi connectivity index (χ1) is 11.4. The molecular weight excluding hydrogens is 304 g/mol. The lowest BCUT2D eigenvalue weighted by Crippen LogP contribution is -2.16. The molecule has 0 unspecified atom stereocenters. The lowest BCUT2D eigenvalue weighted by Gasteiger charge is -2.12. The highest BCUT2D eigenvalue weighted by molar-refractivity contribution is 6.06. The average Bonchev–Trinajstić information content (AvgIpc) is 3.20. The number of carbonyl (C=O) groups is 1. The van der Waals surface area contributed by atoms with Crippen LogP contribution in [-0.2, 0) is 7.05 Å². The monoisotopic (exact) mass is 326 g/mol. The normalized spacial score (nSPS) is 11.2. The molecule has 0 bridgehead atoms. The Labute approximate surface area is 140 Å². The maximum atomic E-state index is 12.7. The topological polar surface area (TPSA) is 69.7 Å². The Balaban J connectivity index is 1.94. The van der Waals surface area contributed by atoms with Gasteiger partial charge in [0.1, 0.15) is 11.4 Å². The number of carbonyl (C=O) groups excluding carboxylic acids is 1. The number of nitrogens with one attached hydrogen (secondary N) is 1. The second-order valence-electron chi connectivity index (χ2n) is 6.21. The minimum Gasteiger partial charge on any atom is -0.319 e. The predicted molar refractivity (Wildman–Crippen MR) is 92.6 cm³/mol. The largest absolute Gasteiger partial charge is 0.319 e. The molecule has 3 heterocycles. The molecule has 0 radical (unpaired) electrons. The molecule has 0 aliphatic carbocycles. The Morgan fingerprint density at radius 3 is 2.38 bits per heavy atom. The zero-order chi connectivity index (χ0) is 17.4. The molecule has 3 rings (SSSR count). The number of amides is 1. The van der Waals surface area contributed by atoms with Gasteiger partial charge in [0.2, 0.25) is 0 Å². The molecule has 7 nitrogen and oxygen atoms in total. The lowest BCUT2D eigenvalue weighted by atomic mass is 10.3. The third kappa shape index (κ3) is 2.73. The SMILES string of the molecule is Cc1ccc(C)n1-c1c(C(=O)Nc2cnn(C(C)C)c2)cnn1C. The van der Waals surface area contributed by atoms with E-state index in [1.54, 1.807) is 21.8 Å². The molecule has 0 aromatic carbocycles. The van der Waals surface area contributed by atoms with Gasteiger partial charge in [0.15, 0.2) is 0 Å². The van der Waals surface area contributed by atoms with Gasteiger partial charge < -0.3 is 9.88 Å². The third-order valence-corrected chi connectivity index (χ3v) is 4.02. The first-order valence-corrected chi connectivity index (χ1v) is 7.91. The fraction of sp³-hybridized carbons (Fsp3) is 0.353. The number of aryl methyl sites for hydroxylation is 3. The van der Waals surface area contributed by atoms with E-state index in [1.165, 1.54) is 0 Å². The van der Waals surface area contributed by atoms with Crippen LogP contribution in [0.15, 0.2) is 30.7 Å². The highest BCUT2D eigenvalue weighted by Gasteiger charge is 2.20. The van der Waals surface area contributed by atoms with Crippen LogP contribution < -0.4 is 5.32 Å². The molecule has 126 valence electrons. The summed E-state index contributed by atoms with van der Waals surface area (Å²) in [5, 5.41) is 11.4. The van der Waals surface area contributed by atoms with Crippen molar-refractivity contribution in [3.63, 3.8) is 0 Å². The molecule has 3 aromatic heterocycles. The summed E-state index contributed by atoms with van der Waals surface area (Å²) in [5.74, 6) is 0.553. The molecule has 0 saturated heterocycles. The van der Waals surface area contributed by atoms with E-state index in [2.05, 4.69) is 15.5 Å². The number of anilines is 1. The number of hydrogen-bond acceptors (Lipinski definition) is 3. The molecule has 0 fully saturated rings. The van der Waals surface area contributed by atoms with E-state index in [-0.39, 0.29) is 11.9 Å². The Hall–Kier alpha value is -2.83. The van der Waals surface area contributed by atoms with Gasteiger partial charge in [-0.2, -0.15) is 10.2 Å². The summed E-state index contributed by atoms with van der Waals surface area (Å²) >= 11 is 0. The Morgan fingerprint density at radius 2 is 1.79 bits per heavy atom. The number of aromatic nitrogens is 5. The van der Waals surface area contributed by atoms with Gasteiger partial charge >= 0.3 is 0 Å². The molecule has 0 aliphatic rings. The van der Waals surface area contributed by atoms with Gasteiger partial charge in [0.05, 0.1) is 18.1 Å². The van der Waals surface area contributed by atoms with Gasteiger partial charge in [-0.1, -0.05) is 0 Å². The van der Waals surface area contributed by atoms with Crippen molar-refractivity contribution < 1.29 is 4.79 Å². The molecule has 1 N–H and O–H groups in total. The van der Waals surface area contributed by atoms with Crippen LogP contribution in [0.5, 0.6) is 0 Å². The second kappa shape index (κ2) is 5.99. The zero-order valence-electron chi connectivity index (χ0n) is 14.6. The summed E-state index contributed by atoms with van der Waals surface area (Å²) < 4.78 is 5.55. The minimum atomic E-state index is -0.200. The maximum Gasteiger partial charge on any atom is 0.261 e.